The van der Waals surface area contributed by atoms with Crippen LogP contribution in [-0.4, -0.2) is 11.9 Å². The molecule has 0 aliphatic rings. The maximum atomic E-state index is 8.85. The van der Waals surface area contributed by atoms with E-state index in [2.05, 4.69) is 28.9 Å². The fourth-order valence-corrected chi connectivity index (χ4v) is 2.16. The minimum atomic E-state index is 0.533. The van der Waals surface area contributed by atoms with E-state index >= 15 is 0 Å². The van der Waals surface area contributed by atoms with E-state index in [1.165, 1.54) is 0 Å². The maximum Gasteiger partial charge on any atom is 0.123 e. The molecule has 0 spiro atoms. The van der Waals surface area contributed by atoms with Crippen LogP contribution in [0.5, 0.6) is 5.75 Å². The zero-order chi connectivity index (χ0) is 12.7. The second-order valence-electron chi connectivity index (χ2n) is 4.21. The molecule has 1 aromatic carbocycles. The summed E-state index contributed by atoms with van der Waals surface area (Å²) in [4.78, 5) is 0. The molecule has 1 atom stereocenters. The lowest BCUT2D eigenvalue weighted by atomic mass is 10.1. The Bertz CT molecular complexity index is 398. The van der Waals surface area contributed by atoms with Crippen LogP contribution in [0.25, 0.3) is 0 Å². The Hall–Kier alpha value is -1.01. The third-order valence-electron chi connectivity index (χ3n) is 2.71. The number of nitriles is 1. The minimum Gasteiger partial charge on any atom is -0.493 e. The van der Waals surface area contributed by atoms with Crippen LogP contribution < -0.4 is 4.74 Å². The molecule has 1 unspecified atom stereocenters. The molecular formula is C14H18BrNO. The normalized spacial score (nSPS) is 11.9. The summed E-state index contributed by atoms with van der Waals surface area (Å²) >= 11 is 3.50. The molecule has 3 heteroatoms. The van der Waals surface area contributed by atoms with Crippen LogP contribution >= 0.6 is 15.9 Å². The molecule has 17 heavy (non-hydrogen) atoms. The SMILES string of the molecule is CCCC(CBr)COc1cc(C#N)ccc1C. The molecule has 92 valence electrons. The van der Waals surface area contributed by atoms with Crippen LogP contribution in [-0.2, 0) is 0 Å². The topological polar surface area (TPSA) is 33.0 Å². The summed E-state index contributed by atoms with van der Waals surface area (Å²) in [6.45, 7) is 4.88. The second-order valence-corrected chi connectivity index (χ2v) is 4.86. The fourth-order valence-electron chi connectivity index (χ4n) is 1.65. The van der Waals surface area contributed by atoms with Gasteiger partial charge in [0.25, 0.3) is 0 Å². The van der Waals surface area contributed by atoms with Crippen LogP contribution in [0, 0.1) is 24.2 Å². The molecule has 0 heterocycles. The van der Waals surface area contributed by atoms with E-state index in [0.29, 0.717) is 18.1 Å². The van der Waals surface area contributed by atoms with E-state index < -0.39 is 0 Å². The third-order valence-corrected chi connectivity index (χ3v) is 3.62. The molecule has 0 bridgehead atoms. The smallest absolute Gasteiger partial charge is 0.123 e. The summed E-state index contributed by atoms with van der Waals surface area (Å²) in [5.74, 6) is 1.36. The van der Waals surface area contributed by atoms with E-state index in [9.17, 15) is 0 Å². The number of alkyl halides is 1. The predicted octanol–water partition coefficient (Wildman–Crippen LogP) is 4.06. The zero-order valence-electron chi connectivity index (χ0n) is 10.4. The summed E-state index contributed by atoms with van der Waals surface area (Å²) in [6.07, 6.45) is 2.32. The van der Waals surface area contributed by atoms with Gasteiger partial charge >= 0.3 is 0 Å². The Morgan fingerprint density at radius 1 is 1.47 bits per heavy atom. The minimum absolute atomic E-state index is 0.533. The van der Waals surface area contributed by atoms with Gasteiger partial charge in [0.1, 0.15) is 5.75 Å². The van der Waals surface area contributed by atoms with Crippen molar-refractivity contribution in [3.05, 3.63) is 29.3 Å². The van der Waals surface area contributed by atoms with E-state index in [1.54, 1.807) is 0 Å². The van der Waals surface area contributed by atoms with Crippen LogP contribution in [0.15, 0.2) is 18.2 Å². The van der Waals surface area contributed by atoms with Gasteiger partial charge < -0.3 is 4.74 Å². The maximum absolute atomic E-state index is 8.85. The lowest BCUT2D eigenvalue weighted by Gasteiger charge is -2.15. The predicted molar refractivity (Wildman–Crippen MR) is 73.6 cm³/mol. The van der Waals surface area contributed by atoms with E-state index in [4.69, 9.17) is 10.00 Å². The van der Waals surface area contributed by atoms with Crippen molar-refractivity contribution in [3.63, 3.8) is 0 Å². The Kier molecular flexibility index (Phi) is 6.07. The lowest BCUT2D eigenvalue weighted by molar-refractivity contribution is 0.253. The number of hydrogen-bond donors (Lipinski definition) is 0. The van der Waals surface area contributed by atoms with Crippen molar-refractivity contribution in [1.82, 2.24) is 0 Å². The van der Waals surface area contributed by atoms with Crippen molar-refractivity contribution in [2.24, 2.45) is 5.92 Å². The van der Waals surface area contributed by atoms with Crippen LogP contribution in [0.4, 0.5) is 0 Å². The molecule has 1 rings (SSSR count). The number of halogens is 1. The molecule has 0 saturated carbocycles. The van der Waals surface area contributed by atoms with Crippen molar-refractivity contribution in [2.45, 2.75) is 26.7 Å². The van der Waals surface area contributed by atoms with Crippen molar-refractivity contribution in [2.75, 3.05) is 11.9 Å². The molecular weight excluding hydrogens is 278 g/mol. The van der Waals surface area contributed by atoms with Gasteiger partial charge in [-0.05, 0) is 31.0 Å². The molecule has 0 N–H and O–H groups in total. The van der Waals surface area contributed by atoms with E-state index in [-0.39, 0.29) is 0 Å². The average molecular weight is 296 g/mol. The zero-order valence-corrected chi connectivity index (χ0v) is 12.0. The van der Waals surface area contributed by atoms with Gasteiger partial charge in [-0.2, -0.15) is 5.26 Å². The summed E-state index contributed by atoms with van der Waals surface area (Å²) < 4.78 is 5.80. The highest BCUT2D eigenvalue weighted by molar-refractivity contribution is 9.09. The van der Waals surface area contributed by atoms with Gasteiger partial charge in [-0.3, -0.25) is 0 Å². The molecule has 1 aromatic rings. The molecule has 0 radical (unpaired) electrons. The Labute approximate surface area is 112 Å². The molecule has 0 saturated heterocycles. The van der Waals surface area contributed by atoms with Gasteiger partial charge in [-0.25, -0.2) is 0 Å². The first kappa shape index (κ1) is 14.1. The van der Waals surface area contributed by atoms with Crippen molar-refractivity contribution < 1.29 is 4.74 Å². The molecule has 2 nitrogen and oxygen atoms in total. The molecule has 0 amide bonds. The Morgan fingerprint density at radius 2 is 2.24 bits per heavy atom. The van der Waals surface area contributed by atoms with Crippen LogP contribution in [0.1, 0.15) is 30.9 Å². The quantitative estimate of drug-likeness (QED) is 0.742. The fraction of sp³-hybridized carbons (Fsp3) is 0.500. The number of rotatable bonds is 6. The van der Waals surface area contributed by atoms with Crippen LogP contribution in [0.3, 0.4) is 0 Å². The molecule has 0 aromatic heterocycles. The van der Waals surface area contributed by atoms with Crippen molar-refractivity contribution in [1.29, 1.82) is 5.26 Å². The van der Waals surface area contributed by atoms with Gasteiger partial charge in [0, 0.05) is 11.2 Å². The Morgan fingerprint density at radius 3 is 2.82 bits per heavy atom. The van der Waals surface area contributed by atoms with Crippen molar-refractivity contribution in [3.8, 4) is 11.8 Å². The highest BCUT2D eigenvalue weighted by Gasteiger charge is 2.08. The first-order chi connectivity index (χ1) is 8.21. The van der Waals surface area contributed by atoms with Gasteiger partial charge in [-0.15, -0.1) is 0 Å². The summed E-state index contributed by atoms with van der Waals surface area (Å²) in [5, 5.41) is 9.80. The number of nitrogens with zero attached hydrogens (tertiary/aromatic N) is 1. The first-order valence-electron chi connectivity index (χ1n) is 5.90. The standard InChI is InChI=1S/C14H18BrNO/c1-3-4-13(8-15)10-17-14-7-12(9-16)6-5-11(14)2/h5-7,13H,3-4,8,10H2,1-2H3. The number of benzene rings is 1. The molecule has 0 aliphatic heterocycles. The largest absolute Gasteiger partial charge is 0.493 e. The first-order valence-corrected chi connectivity index (χ1v) is 7.03. The lowest BCUT2D eigenvalue weighted by Crippen LogP contribution is -2.13. The van der Waals surface area contributed by atoms with Crippen LogP contribution in [0.2, 0.25) is 0 Å². The highest BCUT2D eigenvalue weighted by Crippen LogP contribution is 2.21. The number of aryl methyl sites for hydroxylation is 1. The van der Waals surface area contributed by atoms with Gasteiger partial charge in [0.2, 0.25) is 0 Å². The summed E-state index contributed by atoms with van der Waals surface area (Å²) in [6, 6.07) is 7.69. The Balaban J connectivity index is 2.65. The van der Waals surface area contributed by atoms with Gasteiger partial charge in [0.15, 0.2) is 0 Å². The number of ether oxygens (including phenoxy) is 1. The van der Waals surface area contributed by atoms with Crippen molar-refractivity contribution >= 4 is 15.9 Å². The van der Waals surface area contributed by atoms with Gasteiger partial charge in [-0.1, -0.05) is 35.3 Å². The van der Waals surface area contributed by atoms with E-state index in [0.717, 1.165) is 29.5 Å². The second kappa shape index (κ2) is 7.34. The molecule has 0 fully saturated rings. The average Bonchev–Trinajstić information content (AvgIpc) is 2.36. The summed E-state index contributed by atoms with van der Waals surface area (Å²) in [7, 11) is 0. The highest BCUT2D eigenvalue weighted by atomic mass is 79.9. The number of hydrogen-bond acceptors (Lipinski definition) is 2. The summed E-state index contributed by atoms with van der Waals surface area (Å²) in [5.41, 5.74) is 1.73. The molecule has 0 aliphatic carbocycles. The monoisotopic (exact) mass is 295 g/mol. The van der Waals surface area contributed by atoms with Gasteiger partial charge in [0.05, 0.1) is 18.2 Å². The third kappa shape index (κ3) is 4.40. The van der Waals surface area contributed by atoms with E-state index in [1.807, 2.05) is 25.1 Å².